The summed E-state index contributed by atoms with van der Waals surface area (Å²) in [5.41, 5.74) is 0.646. The predicted molar refractivity (Wildman–Crippen MR) is 75.4 cm³/mol. The van der Waals surface area contributed by atoms with Gasteiger partial charge in [0.15, 0.2) is 0 Å². The predicted octanol–water partition coefficient (Wildman–Crippen LogP) is 2.93. The first-order valence-corrected chi connectivity index (χ1v) is 6.35. The molecule has 0 fully saturated rings. The van der Waals surface area contributed by atoms with E-state index >= 15 is 0 Å². The zero-order valence-corrected chi connectivity index (χ0v) is 11.4. The van der Waals surface area contributed by atoms with E-state index in [-0.39, 0.29) is 5.69 Å². The molecule has 0 saturated heterocycles. The average molecular weight is 285 g/mol. The first-order chi connectivity index (χ1) is 9.15. The van der Waals surface area contributed by atoms with Gasteiger partial charge in [-0.2, -0.15) is 0 Å². The van der Waals surface area contributed by atoms with Crippen molar-refractivity contribution in [3.8, 4) is 0 Å². The Morgan fingerprint density at radius 3 is 2.95 bits per heavy atom. The smallest absolute Gasteiger partial charge is 0.275 e. The van der Waals surface area contributed by atoms with Crippen LogP contribution in [0.5, 0.6) is 0 Å². The summed E-state index contributed by atoms with van der Waals surface area (Å²) in [6, 6.07) is 4.66. The van der Waals surface area contributed by atoms with Crippen molar-refractivity contribution in [1.29, 1.82) is 0 Å². The molecule has 0 amide bonds. The molecule has 1 N–H and O–H groups in total. The van der Waals surface area contributed by atoms with Gasteiger partial charge in [0, 0.05) is 29.7 Å². The molecule has 104 valence electrons. The number of halogens is 1. The van der Waals surface area contributed by atoms with Gasteiger partial charge in [0.25, 0.3) is 5.69 Å². The van der Waals surface area contributed by atoms with Crippen molar-refractivity contribution in [2.75, 3.05) is 19.8 Å². The second-order valence-corrected chi connectivity index (χ2v) is 4.33. The molecule has 0 aliphatic heterocycles. The quantitative estimate of drug-likeness (QED) is 0.328. The summed E-state index contributed by atoms with van der Waals surface area (Å²) in [7, 11) is 0. The van der Waals surface area contributed by atoms with Crippen molar-refractivity contribution >= 4 is 17.3 Å². The van der Waals surface area contributed by atoms with E-state index in [9.17, 15) is 10.1 Å². The third-order valence-corrected chi connectivity index (χ3v) is 2.68. The van der Waals surface area contributed by atoms with E-state index in [1.807, 2.05) is 0 Å². The van der Waals surface area contributed by atoms with Gasteiger partial charge in [-0.3, -0.25) is 10.1 Å². The molecule has 0 aliphatic carbocycles. The van der Waals surface area contributed by atoms with Crippen LogP contribution in [0.1, 0.15) is 12.0 Å². The Morgan fingerprint density at radius 2 is 2.26 bits per heavy atom. The van der Waals surface area contributed by atoms with Crippen molar-refractivity contribution in [2.45, 2.75) is 13.0 Å². The van der Waals surface area contributed by atoms with Crippen molar-refractivity contribution in [3.05, 3.63) is 51.6 Å². The highest BCUT2D eigenvalue weighted by Gasteiger charge is 2.13. The number of hydrogen-bond acceptors (Lipinski definition) is 4. The number of nitrogens with zero attached hydrogens (tertiary/aromatic N) is 1. The zero-order valence-electron chi connectivity index (χ0n) is 10.6. The van der Waals surface area contributed by atoms with E-state index in [0.717, 1.165) is 6.42 Å². The summed E-state index contributed by atoms with van der Waals surface area (Å²) in [6.07, 6.45) is 2.62. The molecule has 0 saturated carbocycles. The fourth-order valence-electron chi connectivity index (χ4n) is 1.49. The van der Waals surface area contributed by atoms with E-state index in [1.54, 1.807) is 18.2 Å². The molecule has 1 aromatic carbocycles. The lowest BCUT2D eigenvalue weighted by Crippen LogP contribution is -2.20. The maximum Gasteiger partial charge on any atom is 0.275 e. The topological polar surface area (TPSA) is 64.4 Å². The van der Waals surface area contributed by atoms with Gasteiger partial charge in [-0.15, -0.1) is 6.58 Å². The molecular formula is C13H17ClN2O3. The second-order valence-electron chi connectivity index (χ2n) is 3.90. The van der Waals surface area contributed by atoms with Crippen molar-refractivity contribution < 1.29 is 9.66 Å². The van der Waals surface area contributed by atoms with E-state index in [0.29, 0.717) is 36.9 Å². The van der Waals surface area contributed by atoms with E-state index in [1.165, 1.54) is 6.07 Å². The summed E-state index contributed by atoms with van der Waals surface area (Å²) in [4.78, 5) is 10.4. The van der Waals surface area contributed by atoms with Crippen LogP contribution in [0.15, 0.2) is 30.9 Å². The minimum atomic E-state index is -0.427. The molecule has 5 nitrogen and oxygen atoms in total. The minimum Gasteiger partial charge on any atom is -0.380 e. The third kappa shape index (κ3) is 5.83. The first kappa shape index (κ1) is 15.6. The van der Waals surface area contributed by atoms with Gasteiger partial charge in [0.05, 0.1) is 18.1 Å². The Balaban J connectivity index is 2.36. The van der Waals surface area contributed by atoms with Gasteiger partial charge < -0.3 is 10.1 Å². The molecule has 0 aliphatic rings. The maximum absolute atomic E-state index is 10.9. The maximum atomic E-state index is 10.9. The van der Waals surface area contributed by atoms with Gasteiger partial charge >= 0.3 is 0 Å². The highest BCUT2D eigenvalue weighted by molar-refractivity contribution is 6.30. The Labute approximate surface area is 117 Å². The number of rotatable bonds is 9. The summed E-state index contributed by atoms with van der Waals surface area (Å²) < 4.78 is 5.32. The Hall–Kier alpha value is -1.43. The monoisotopic (exact) mass is 284 g/mol. The number of ether oxygens (including phenoxy) is 1. The largest absolute Gasteiger partial charge is 0.380 e. The average Bonchev–Trinajstić information content (AvgIpc) is 2.39. The van der Waals surface area contributed by atoms with Crippen molar-refractivity contribution in [3.63, 3.8) is 0 Å². The highest BCUT2D eigenvalue weighted by atomic mass is 35.5. The molecule has 0 aromatic heterocycles. The molecule has 0 spiro atoms. The molecule has 0 bridgehead atoms. The van der Waals surface area contributed by atoms with Crippen LogP contribution < -0.4 is 5.32 Å². The number of benzene rings is 1. The molecule has 0 heterocycles. The lowest BCUT2D eigenvalue weighted by Gasteiger charge is -2.06. The van der Waals surface area contributed by atoms with Gasteiger partial charge in [-0.25, -0.2) is 0 Å². The van der Waals surface area contributed by atoms with Crippen molar-refractivity contribution in [1.82, 2.24) is 5.32 Å². The molecule has 1 rings (SSSR count). The van der Waals surface area contributed by atoms with Crippen LogP contribution in [0.25, 0.3) is 0 Å². The lowest BCUT2D eigenvalue weighted by atomic mass is 10.2. The molecule has 1 aromatic rings. The number of nitrogens with one attached hydrogen (secondary N) is 1. The van der Waals surface area contributed by atoms with Crippen LogP contribution in [0.2, 0.25) is 5.02 Å². The minimum absolute atomic E-state index is 0.0348. The Morgan fingerprint density at radius 1 is 1.47 bits per heavy atom. The fourth-order valence-corrected chi connectivity index (χ4v) is 1.66. The SMILES string of the molecule is C=CCCOCCNCc1ccc(Cl)cc1[N+](=O)[O-]. The third-order valence-electron chi connectivity index (χ3n) is 2.45. The van der Waals surface area contributed by atoms with Crippen LogP contribution in [-0.2, 0) is 11.3 Å². The van der Waals surface area contributed by atoms with E-state index < -0.39 is 4.92 Å². The molecular weight excluding hydrogens is 268 g/mol. The van der Waals surface area contributed by atoms with Gasteiger partial charge in [-0.05, 0) is 18.6 Å². The Kier molecular flexibility index (Phi) is 7.10. The summed E-state index contributed by atoms with van der Waals surface area (Å²) in [5, 5.41) is 14.3. The summed E-state index contributed by atoms with van der Waals surface area (Å²) in [6.45, 7) is 5.86. The van der Waals surface area contributed by atoms with Gasteiger partial charge in [0.1, 0.15) is 0 Å². The van der Waals surface area contributed by atoms with Gasteiger partial charge in [-0.1, -0.05) is 17.7 Å². The summed E-state index contributed by atoms with van der Waals surface area (Å²) >= 11 is 5.74. The number of nitro groups is 1. The number of hydrogen-bond donors (Lipinski definition) is 1. The summed E-state index contributed by atoms with van der Waals surface area (Å²) in [5.74, 6) is 0. The van der Waals surface area contributed by atoms with Crippen LogP contribution in [0.3, 0.4) is 0 Å². The normalized spacial score (nSPS) is 10.4. The highest BCUT2D eigenvalue weighted by Crippen LogP contribution is 2.22. The molecule has 0 unspecified atom stereocenters. The standard InChI is InChI=1S/C13H17ClN2O3/c1-2-3-7-19-8-6-15-10-11-4-5-12(14)9-13(11)16(17)18/h2,4-5,9,15H,1,3,6-8,10H2. The molecule has 6 heteroatoms. The first-order valence-electron chi connectivity index (χ1n) is 5.97. The number of nitro benzene ring substituents is 1. The molecule has 19 heavy (non-hydrogen) atoms. The van der Waals surface area contributed by atoms with Crippen LogP contribution in [0.4, 0.5) is 5.69 Å². The van der Waals surface area contributed by atoms with Gasteiger partial charge in [0.2, 0.25) is 0 Å². The lowest BCUT2D eigenvalue weighted by molar-refractivity contribution is -0.385. The van der Waals surface area contributed by atoms with E-state index in [2.05, 4.69) is 11.9 Å². The zero-order chi connectivity index (χ0) is 14.1. The fraction of sp³-hybridized carbons (Fsp3) is 0.385. The van der Waals surface area contributed by atoms with Crippen LogP contribution >= 0.6 is 11.6 Å². The Bertz CT molecular complexity index is 438. The van der Waals surface area contributed by atoms with E-state index in [4.69, 9.17) is 16.3 Å². The van der Waals surface area contributed by atoms with Crippen LogP contribution in [-0.4, -0.2) is 24.7 Å². The second kappa shape index (κ2) is 8.63. The molecule has 0 atom stereocenters. The molecule has 0 radical (unpaired) electrons. The van der Waals surface area contributed by atoms with Crippen molar-refractivity contribution in [2.24, 2.45) is 0 Å². The van der Waals surface area contributed by atoms with Crippen LogP contribution in [0, 0.1) is 10.1 Å².